The number of rotatable bonds is 7. The fourth-order valence-electron chi connectivity index (χ4n) is 2.11. The zero-order valence-corrected chi connectivity index (χ0v) is 11.9. The van der Waals surface area contributed by atoms with Crippen molar-refractivity contribution < 1.29 is 18.7 Å². The van der Waals surface area contributed by atoms with E-state index in [9.17, 15) is 14.1 Å². The number of carboxylic acid groups (broad SMARTS) is 1. The largest absolute Gasteiger partial charge is 0.478 e. The van der Waals surface area contributed by atoms with E-state index >= 15 is 0 Å². The molecular weight excluding hydrogens is 266 g/mol. The summed E-state index contributed by atoms with van der Waals surface area (Å²) in [4.78, 5) is 11.2. The first-order valence-corrected chi connectivity index (χ1v) is 7.37. The molecule has 0 amide bonds. The molecule has 0 aliphatic rings. The van der Waals surface area contributed by atoms with Gasteiger partial charge in [-0.2, -0.15) is 0 Å². The Morgan fingerprint density at radius 3 is 2.37 bits per heavy atom. The number of aryl methyl sites for hydroxylation is 1. The van der Waals surface area contributed by atoms with Crippen molar-refractivity contribution in [3.8, 4) is 0 Å². The minimum Gasteiger partial charge on any atom is -0.478 e. The second-order valence-corrected chi connectivity index (χ2v) is 4.98. The minimum absolute atomic E-state index is 0.0331. The van der Waals surface area contributed by atoms with Crippen LogP contribution in [0.3, 0.4) is 0 Å². The summed E-state index contributed by atoms with van der Waals surface area (Å²) in [5, 5.41) is 9.17. The van der Waals surface area contributed by atoms with E-state index in [1.807, 2.05) is 13.8 Å². The van der Waals surface area contributed by atoms with Crippen molar-refractivity contribution >= 4 is 22.9 Å². The molecule has 0 aliphatic carbocycles. The van der Waals surface area contributed by atoms with Crippen molar-refractivity contribution in [3.63, 3.8) is 0 Å². The monoisotopic (exact) mass is 285 g/mol. The highest BCUT2D eigenvalue weighted by molar-refractivity contribution is 7.80. The van der Waals surface area contributed by atoms with Crippen LogP contribution in [0.4, 0.5) is 5.69 Å². The van der Waals surface area contributed by atoms with Gasteiger partial charge in [-0.3, -0.25) is 9.27 Å². The second-order valence-electron chi connectivity index (χ2n) is 4.28. The maximum absolute atomic E-state index is 11.2. The van der Waals surface area contributed by atoms with Crippen molar-refractivity contribution in [2.75, 3.05) is 4.72 Å². The number of nitrogens with one attached hydrogen (secondary N) is 1. The van der Waals surface area contributed by atoms with Crippen molar-refractivity contribution in [2.24, 2.45) is 0 Å². The fourth-order valence-corrected chi connectivity index (χ4v) is 2.52. The van der Waals surface area contributed by atoms with Crippen LogP contribution in [0.15, 0.2) is 12.1 Å². The van der Waals surface area contributed by atoms with Crippen LogP contribution >= 0.6 is 0 Å². The lowest BCUT2D eigenvalue weighted by atomic mass is 9.95. The molecule has 5 nitrogen and oxygen atoms in total. The number of hydrogen-bond donors (Lipinski definition) is 3. The lowest BCUT2D eigenvalue weighted by Gasteiger charge is -2.16. The average molecular weight is 285 g/mol. The average Bonchev–Trinajstić information content (AvgIpc) is 2.32. The molecule has 106 valence electrons. The molecule has 1 unspecified atom stereocenters. The molecule has 0 heterocycles. The number of carbonyl (C=O) groups is 1. The Morgan fingerprint density at radius 2 is 1.89 bits per heavy atom. The summed E-state index contributed by atoms with van der Waals surface area (Å²) in [7, 11) is 0. The number of carboxylic acids is 1. The molecule has 6 heteroatoms. The highest BCUT2D eigenvalue weighted by atomic mass is 32.2. The van der Waals surface area contributed by atoms with E-state index in [0.29, 0.717) is 6.42 Å². The quantitative estimate of drug-likeness (QED) is 0.672. The smallest absolute Gasteiger partial charge is 0.337 e. The van der Waals surface area contributed by atoms with Gasteiger partial charge in [-0.1, -0.05) is 32.8 Å². The van der Waals surface area contributed by atoms with Crippen LogP contribution in [0.25, 0.3) is 0 Å². The van der Waals surface area contributed by atoms with Gasteiger partial charge in [-0.15, -0.1) is 0 Å². The van der Waals surface area contributed by atoms with Crippen LogP contribution in [-0.4, -0.2) is 19.8 Å². The van der Waals surface area contributed by atoms with Gasteiger partial charge in [0, 0.05) is 0 Å². The molecule has 0 fully saturated rings. The van der Waals surface area contributed by atoms with E-state index in [2.05, 4.69) is 4.72 Å². The molecule has 0 spiro atoms. The number of benzene rings is 1. The Labute approximate surface area is 115 Å². The molecule has 0 saturated carbocycles. The molecule has 19 heavy (non-hydrogen) atoms. The lowest BCUT2D eigenvalue weighted by molar-refractivity contribution is 0.0698. The van der Waals surface area contributed by atoms with Gasteiger partial charge >= 0.3 is 5.97 Å². The predicted octanol–water partition coefficient (Wildman–Crippen LogP) is 2.84. The first-order chi connectivity index (χ1) is 9.01. The Morgan fingerprint density at radius 1 is 1.26 bits per heavy atom. The Kier molecular flexibility index (Phi) is 5.98. The van der Waals surface area contributed by atoms with Gasteiger partial charge < -0.3 is 5.11 Å². The van der Waals surface area contributed by atoms with Crippen LogP contribution in [0.5, 0.6) is 0 Å². The lowest BCUT2D eigenvalue weighted by Crippen LogP contribution is -2.12. The zero-order valence-electron chi connectivity index (χ0n) is 11.1. The third-order valence-corrected chi connectivity index (χ3v) is 3.23. The molecule has 0 radical (unpaired) electrons. The third kappa shape index (κ3) is 4.04. The zero-order chi connectivity index (χ0) is 14.4. The van der Waals surface area contributed by atoms with E-state index in [1.54, 1.807) is 6.07 Å². The minimum atomic E-state index is -2.28. The van der Waals surface area contributed by atoms with Crippen molar-refractivity contribution in [2.45, 2.75) is 39.5 Å². The van der Waals surface area contributed by atoms with Crippen LogP contribution in [0.2, 0.25) is 0 Å². The van der Waals surface area contributed by atoms with Gasteiger partial charge in [0.1, 0.15) is 0 Å². The van der Waals surface area contributed by atoms with Crippen molar-refractivity contribution in [1.82, 2.24) is 0 Å². The number of hydrogen-bond acceptors (Lipinski definition) is 2. The van der Waals surface area contributed by atoms with E-state index in [1.165, 1.54) is 6.07 Å². The highest BCUT2D eigenvalue weighted by Gasteiger charge is 2.18. The first-order valence-electron chi connectivity index (χ1n) is 6.26. The molecule has 1 rings (SSSR count). The van der Waals surface area contributed by atoms with Crippen LogP contribution in [0, 0.1) is 0 Å². The summed E-state index contributed by atoms with van der Waals surface area (Å²) in [5.74, 6) is -1.10. The molecule has 0 aliphatic heterocycles. The van der Waals surface area contributed by atoms with Gasteiger partial charge in [0.05, 0.1) is 11.3 Å². The number of anilines is 1. The summed E-state index contributed by atoms with van der Waals surface area (Å²) in [6, 6.07) is 3.28. The topological polar surface area (TPSA) is 86.6 Å². The van der Waals surface area contributed by atoms with E-state index in [0.717, 1.165) is 30.4 Å². The highest BCUT2D eigenvalue weighted by Crippen LogP contribution is 2.28. The molecular formula is C13H19NO4S. The fraction of sp³-hybridized carbons (Fsp3) is 0.462. The van der Waals surface area contributed by atoms with E-state index in [-0.39, 0.29) is 11.3 Å². The SMILES string of the molecule is CCCc1ccc(C(=O)O)c(NS(=O)O)c1CCC. The van der Waals surface area contributed by atoms with E-state index in [4.69, 9.17) is 4.55 Å². The standard InChI is InChI=1S/C13H19NO4S/c1-3-5-9-7-8-11(13(15)16)12(14-19(17)18)10(9)6-4-2/h7-8,14H,3-6H2,1-2H3,(H,15,16)(H,17,18). The third-order valence-electron chi connectivity index (χ3n) is 2.85. The van der Waals surface area contributed by atoms with Crippen LogP contribution in [0.1, 0.15) is 48.2 Å². The Balaban J connectivity index is 3.40. The summed E-state index contributed by atoms with van der Waals surface area (Å²) in [5.41, 5.74) is 2.15. The van der Waals surface area contributed by atoms with Gasteiger partial charge in [-0.05, 0) is 30.0 Å². The predicted molar refractivity (Wildman–Crippen MR) is 75.8 cm³/mol. The summed E-state index contributed by atoms with van der Waals surface area (Å²) in [6.45, 7) is 4.03. The van der Waals surface area contributed by atoms with Gasteiger partial charge in [0.25, 0.3) is 11.3 Å². The Hall–Kier alpha value is -1.40. The molecule has 0 bridgehead atoms. The van der Waals surface area contributed by atoms with Crippen molar-refractivity contribution in [1.29, 1.82) is 0 Å². The van der Waals surface area contributed by atoms with Gasteiger partial charge in [0.15, 0.2) is 0 Å². The normalized spacial score (nSPS) is 12.2. The molecule has 0 saturated heterocycles. The molecule has 0 aromatic heterocycles. The summed E-state index contributed by atoms with van der Waals surface area (Å²) in [6.07, 6.45) is 3.27. The van der Waals surface area contributed by atoms with Crippen LogP contribution < -0.4 is 4.72 Å². The number of aromatic carboxylic acids is 1. The molecule has 3 N–H and O–H groups in total. The summed E-state index contributed by atoms with van der Waals surface area (Å²) < 4.78 is 22.3. The van der Waals surface area contributed by atoms with Crippen molar-refractivity contribution in [3.05, 3.63) is 28.8 Å². The maximum Gasteiger partial charge on any atom is 0.337 e. The van der Waals surface area contributed by atoms with Gasteiger partial charge in [0.2, 0.25) is 0 Å². The Bertz CT molecular complexity index is 488. The van der Waals surface area contributed by atoms with Crippen LogP contribution in [-0.2, 0) is 24.1 Å². The molecule has 1 atom stereocenters. The first kappa shape index (κ1) is 15.7. The second kappa shape index (κ2) is 7.25. The molecule has 1 aromatic carbocycles. The van der Waals surface area contributed by atoms with Gasteiger partial charge in [-0.25, -0.2) is 9.00 Å². The molecule has 1 aromatic rings. The maximum atomic E-state index is 11.2. The summed E-state index contributed by atoms with van der Waals surface area (Å²) >= 11 is -2.28. The van der Waals surface area contributed by atoms with E-state index < -0.39 is 17.2 Å².